The predicted molar refractivity (Wildman–Crippen MR) is 81.1 cm³/mol. The van der Waals surface area contributed by atoms with Gasteiger partial charge in [-0.25, -0.2) is 4.39 Å². The van der Waals surface area contributed by atoms with Crippen molar-refractivity contribution in [3.05, 3.63) is 42.7 Å². The number of aromatic nitrogens is 3. The van der Waals surface area contributed by atoms with E-state index in [2.05, 4.69) is 15.1 Å². The van der Waals surface area contributed by atoms with Crippen LogP contribution in [0.4, 0.5) is 4.39 Å². The van der Waals surface area contributed by atoms with Gasteiger partial charge in [0, 0.05) is 25.6 Å². The van der Waals surface area contributed by atoms with Gasteiger partial charge in [-0.2, -0.15) is 0 Å². The lowest BCUT2D eigenvalue weighted by molar-refractivity contribution is 0.125. The minimum Gasteiger partial charge on any atom is -0.490 e. The van der Waals surface area contributed by atoms with E-state index in [1.165, 1.54) is 6.07 Å². The maximum atomic E-state index is 13.5. The molecule has 1 aliphatic rings. The maximum Gasteiger partial charge on any atom is 0.165 e. The van der Waals surface area contributed by atoms with Gasteiger partial charge in [-0.15, -0.1) is 10.2 Å². The highest BCUT2D eigenvalue weighted by Crippen LogP contribution is 2.20. The molecule has 118 valence electrons. The standard InChI is InChI=1S/C16H21FN4O/c17-15-5-1-2-6-16(15)22-11-14-4-3-7-20(10-14)8-9-21-12-18-19-13-21/h1-2,5-6,12-14H,3-4,7-11H2. The molecule has 0 saturated carbocycles. The number of piperidine rings is 1. The maximum absolute atomic E-state index is 13.5. The van der Waals surface area contributed by atoms with Gasteiger partial charge in [-0.05, 0) is 31.5 Å². The van der Waals surface area contributed by atoms with Crippen molar-refractivity contribution in [3.8, 4) is 5.75 Å². The minimum atomic E-state index is -0.289. The summed E-state index contributed by atoms with van der Waals surface area (Å²) in [5.74, 6) is 0.515. The molecule has 1 fully saturated rings. The topological polar surface area (TPSA) is 43.2 Å². The molecule has 2 aromatic rings. The van der Waals surface area contributed by atoms with Gasteiger partial charge in [-0.3, -0.25) is 0 Å². The molecule has 1 aromatic heterocycles. The van der Waals surface area contributed by atoms with Gasteiger partial charge in [-0.1, -0.05) is 12.1 Å². The van der Waals surface area contributed by atoms with Gasteiger partial charge in [0.05, 0.1) is 6.61 Å². The molecule has 1 saturated heterocycles. The quantitative estimate of drug-likeness (QED) is 0.820. The van der Waals surface area contributed by atoms with Crippen molar-refractivity contribution in [1.82, 2.24) is 19.7 Å². The summed E-state index contributed by atoms with van der Waals surface area (Å²) in [6, 6.07) is 6.59. The summed E-state index contributed by atoms with van der Waals surface area (Å²) in [6.07, 6.45) is 5.77. The fraction of sp³-hybridized carbons (Fsp3) is 0.500. The van der Waals surface area contributed by atoms with Crippen molar-refractivity contribution in [2.45, 2.75) is 19.4 Å². The summed E-state index contributed by atoms with van der Waals surface area (Å²) in [7, 11) is 0. The monoisotopic (exact) mass is 304 g/mol. The van der Waals surface area contributed by atoms with Crippen molar-refractivity contribution in [2.75, 3.05) is 26.2 Å². The molecular formula is C16H21FN4O. The molecular weight excluding hydrogens is 283 g/mol. The number of benzene rings is 1. The van der Waals surface area contributed by atoms with E-state index in [1.807, 2.05) is 4.57 Å². The Kier molecular flexibility index (Phi) is 5.00. The van der Waals surface area contributed by atoms with E-state index in [9.17, 15) is 4.39 Å². The van der Waals surface area contributed by atoms with Crippen LogP contribution in [-0.4, -0.2) is 45.9 Å². The highest BCUT2D eigenvalue weighted by atomic mass is 19.1. The third-order valence-corrected chi connectivity index (χ3v) is 4.06. The highest BCUT2D eigenvalue weighted by molar-refractivity contribution is 5.23. The summed E-state index contributed by atoms with van der Waals surface area (Å²) in [5.41, 5.74) is 0. The smallest absolute Gasteiger partial charge is 0.165 e. The summed E-state index contributed by atoms with van der Waals surface area (Å²) >= 11 is 0. The first-order valence-electron chi connectivity index (χ1n) is 7.73. The van der Waals surface area contributed by atoms with Crippen LogP contribution in [0.5, 0.6) is 5.75 Å². The first-order chi connectivity index (χ1) is 10.8. The van der Waals surface area contributed by atoms with E-state index >= 15 is 0 Å². The van der Waals surface area contributed by atoms with Crippen molar-refractivity contribution in [2.24, 2.45) is 5.92 Å². The number of halogens is 1. The molecule has 1 aliphatic heterocycles. The van der Waals surface area contributed by atoms with E-state index in [1.54, 1.807) is 30.9 Å². The minimum absolute atomic E-state index is 0.289. The number of hydrogen-bond donors (Lipinski definition) is 0. The lowest BCUT2D eigenvalue weighted by Gasteiger charge is -2.32. The van der Waals surface area contributed by atoms with Gasteiger partial charge in [0.15, 0.2) is 11.6 Å². The Morgan fingerprint density at radius 3 is 2.82 bits per heavy atom. The van der Waals surface area contributed by atoms with E-state index in [4.69, 9.17) is 4.74 Å². The Morgan fingerprint density at radius 1 is 1.18 bits per heavy atom. The molecule has 0 aliphatic carbocycles. The SMILES string of the molecule is Fc1ccccc1OCC1CCCN(CCn2cnnc2)C1. The molecule has 3 rings (SSSR count). The van der Waals surface area contributed by atoms with Crippen molar-refractivity contribution in [3.63, 3.8) is 0 Å². The molecule has 1 aromatic carbocycles. The third-order valence-electron chi connectivity index (χ3n) is 4.06. The van der Waals surface area contributed by atoms with Crippen molar-refractivity contribution >= 4 is 0 Å². The van der Waals surface area contributed by atoms with Gasteiger partial charge in [0.25, 0.3) is 0 Å². The van der Waals surface area contributed by atoms with Crippen LogP contribution in [0.15, 0.2) is 36.9 Å². The fourth-order valence-corrected chi connectivity index (χ4v) is 2.85. The van der Waals surface area contributed by atoms with Crippen molar-refractivity contribution < 1.29 is 9.13 Å². The van der Waals surface area contributed by atoms with Crippen LogP contribution in [0.25, 0.3) is 0 Å². The third kappa shape index (κ3) is 4.04. The molecule has 6 heteroatoms. The zero-order chi connectivity index (χ0) is 15.2. The molecule has 5 nitrogen and oxygen atoms in total. The molecule has 22 heavy (non-hydrogen) atoms. The number of hydrogen-bond acceptors (Lipinski definition) is 4. The summed E-state index contributed by atoms with van der Waals surface area (Å²) in [6.45, 7) is 4.56. The van der Waals surface area contributed by atoms with Gasteiger partial charge in [0.1, 0.15) is 12.7 Å². The number of nitrogens with zero attached hydrogens (tertiary/aromatic N) is 4. The van der Waals surface area contributed by atoms with Gasteiger partial charge < -0.3 is 14.2 Å². The van der Waals surface area contributed by atoms with E-state index in [0.29, 0.717) is 18.3 Å². The second kappa shape index (κ2) is 7.35. The number of rotatable bonds is 6. The number of likely N-dealkylation sites (tertiary alicyclic amines) is 1. The van der Waals surface area contributed by atoms with Crippen LogP contribution >= 0.6 is 0 Å². The molecule has 0 N–H and O–H groups in total. The molecule has 1 unspecified atom stereocenters. The Balaban J connectivity index is 1.45. The summed E-state index contributed by atoms with van der Waals surface area (Å²) < 4.78 is 21.2. The summed E-state index contributed by atoms with van der Waals surface area (Å²) in [5, 5.41) is 7.62. The van der Waals surface area contributed by atoms with E-state index < -0.39 is 0 Å². The fourth-order valence-electron chi connectivity index (χ4n) is 2.85. The second-order valence-corrected chi connectivity index (χ2v) is 5.75. The summed E-state index contributed by atoms with van der Waals surface area (Å²) in [4.78, 5) is 2.43. The molecule has 1 atom stereocenters. The lowest BCUT2D eigenvalue weighted by atomic mass is 9.99. The Hall–Kier alpha value is -1.95. The average Bonchev–Trinajstić information content (AvgIpc) is 3.06. The molecule has 0 bridgehead atoms. The van der Waals surface area contributed by atoms with Crippen LogP contribution in [0.2, 0.25) is 0 Å². The largest absolute Gasteiger partial charge is 0.490 e. The lowest BCUT2D eigenvalue weighted by Crippen LogP contribution is -2.39. The van der Waals surface area contributed by atoms with Crippen LogP contribution in [-0.2, 0) is 6.54 Å². The second-order valence-electron chi connectivity index (χ2n) is 5.75. The van der Waals surface area contributed by atoms with Crippen molar-refractivity contribution in [1.29, 1.82) is 0 Å². The molecule has 0 amide bonds. The Morgan fingerprint density at radius 2 is 2.00 bits per heavy atom. The Bertz CT molecular complexity index is 575. The van der Waals surface area contributed by atoms with Crippen LogP contribution < -0.4 is 4.74 Å². The molecule has 0 radical (unpaired) electrons. The van der Waals surface area contributed by atoms with E-state index in [0.717, 1.165) is 39.0 Å². The van der Waals surface area contributed by atoms with Gasteiger partial charge in [0.2, 0.25) is 0 Å². The highest BCUT2D eigenvalue weighted by Gasteiger charge is 2.20. The van der Waals surface area contributed by atoms with Gasteiger partial charge >= 0.3 is 0 Å². The normalized spacial score (nSPS) is 19.2. The average molecular weight is 304 g/mol. The zero-order valence-corrected chi connectivity index (χ0v) is 12.6. The first kappa shape index (κ1) is 15.0. The molecule has 2 heterocycles. The first-order valence-corrected chi connectivity index (χ1v) is 7.73. The zero-order valence-electron chi connectivity index (χ0n) is 12.6. The van der Waals surface area contributed by atoms with Crippen LogP contribution in [0.1, 0.15) is 12.8 Å². The Labute approximate surface area is 129 Å². The van der Waals surface area contributed by atoms with Crippen LogP contribution in [0.3, 0.4) is 0 Å². The predicted octanol–water partition coefficient (Wildman–Crippen LogP) is 2.21. The van der Waals surface area contributed by atoms with E-state index in [-0.39, 0.29) is 5.82 Å². The molecule has 0 spiro atoms. The van der Waals surface area contributed by atoms with Crippen LogP contribution in [0, 0.1) is 11.7 Å². The number of ether oxygens (including phenoxy) is 1. The number of para-hydroxylation sites is 1.